The summed E-state index contributed by atoms with van der Waals surface area (Å²) in [4.78, 5) is 20.0. The zero-order valence-corrected chi connectivity index (χ0v) is 18.7. The van der Waals surface area contributed by atoms with Gasteiger partial charge in [0.25, 0.3) is 0 Å². The smallest absolute Gasteiger partial charge is 0.430 e. The zero-order valence-electron chi connectivity index (χ0n) is 18.7. The number of nitrogens with zero attached hydrogens (tertiary/aromatic N) is 1. The van der Waals surface area contributed by atoms with E-state index in [4.69, 9.17) is 19.4 Å². The molecule has 0 fully saturated rings. The second-order valence-electron chi connectivity index (χ2n) is 7.01. The number of pyridine rings is 1. The highest BCUT2D eigenvalue weighted by Crippen LogP contribution is 2.33. The number of rotatable bonds is 4. The molecule has 7 nitrogen and oxygen atoms in total. The van der Waals surface area contributed by atoms with Crippen LogP contribution in [0.25, 0.3) is 16.5 Å². The Balaban J connectivity index is 0.000000479. The van der Waals surface area contributed by atoms with E-state index in [1.165, 1.54) is 6.92 Å². The van der Waals surface area contributed by atoms with Gasteiger partial charge in [-0.3, -0.25) is 4.79 Å². The highest BCUT2D eigenvalue weighted by molar-refractivity contribution is 5.91. The Morgan fingerprint density at radius 1 is 1.00 bits per heavy atom. The summed E-state index contributed by atoms with van der Waals surface area (Å²) in [6.07, 6.45) is -5.19. The van der Waals surface area contributed by atoms with E-state index in [0.29, 0.717) is 0 Å². The number of aromatic nitrogens is 1. The van der Waals surface area contributed by atoms with Crippen molar-refractivity contribution >= 4 is 28.3 Å². The van der Waals surface area contributed by atoms with E-state index < -0.39 is 12.1 Å². The molecule has 0 bridgehead atoms. The van der Waals surface area contributed by atoms with Crippen molar-refractivity contribution in [3.8, 4) is 17.2 Å². The van der Waals surface area contributed by atoms with Gasteiger partial charge in [0.1, 0.15) is 17.5 Å². The number of carboxylic acids is 1. The fourth-order valence-electron chi connectivity index (χ4n) is 3.35. The van der Waals surface area contributed by atoms with Crippen molar-refractivity contribution in [3.63, 3.8) is 0 Å². The molecule has 0 spiro atoms. The number of carboxylic acid groups (broad SMARTS) is 1. The van der Waals surface area contributed by atoms with Crippen molar-refractivity contribution in [2.24, 2.45) is 0 Å². The molecule has 0 aliphatic heterocycles. The highest BCUT2D eigenvalue weighted by Gasteiger charge is 2.28. The van der Waals surface area contributed by atoms with Gasteiger partial charge in [-0.15, -0.1) is 0 Å². The van der Waals surface area contributed by atoms with Crippen LogP contribution >= 0.6 is 0 Å². The van der Waals surface area contributed by atoms with Crippen molar-refractivity contribution in [1.82, 2.24) is 0 Å². The number of carbonyl (C=O) groups is 2. The van der Waals surface area contributed by atoms with Gasteiger partial charge in [0.05, 0.1) is 19.6 Å². The molecule has 0 aliphatic carbocycles. The van der Waals surface area contributed by atoms with E-state index in [1.54, 1.807) is 14.2 Å². The second kappa shape index (κ2) is 10.2. The van der Waals surface area contributed by atoms with E-state index in [2.05, 4.69) is 29.8 Å². The van der Waals surface area contributed by atoms with E-state index in [1.807, 2.05) is 36.4 Å². The summed E-state index contributed by atoms with van der Waals surface area (Å²) in [6, 6.07) is 13.8. The number of benzene rings is 2. The first-order chi connectivity index (χ1) is 15.4. The molecule has 176 valence electrons. The van der Waals surface area contributed by atoms with Crippen LogP contribution in [0.1, 0.15) is 18.3 Å². The molecule has 0 atom stereocenters. The van der Waals surface area contributed by atoms with Crippen LogP contribution in [0, 0.1) is 13.8 Å². The predicted octanol–water partition coefficient (Wildman–Crippen LogP) is 3.01. The topological polar surface area (TPSA) is 91.6 Å². The van der Waals surface area contributed by atoms with Crippen molar-refractivity contribution in [3.05, 3.63) is 53.9 Å². The molecule has 1 N–H and O–H groups in total. The number of fused-ring (bicyclic) bond motifs is 1. The SMILES string of the molecule is COc1cc(OC)c2c(C)[n+](-c3ccc(NC(C)=O)cc3)c(C)cc2c1.O=C([O-])C(F)(F)F. The monoisotopic (exact) mass is 464 g/mol. The van der Waals surface area contributed by atoms with Crippen molar-refractivity contribution in [2.75, 3.05) is 19.5 Å². The van der Waals surface area contributed by atoms with Gasteiger partial charge < -0.3 is 24.7 Å². The largest absolute Gasteiger partial charge is 0.542 e. The van der Waals surface area contributed by atoms with Crippen LogP contribution < -0.4 is 24.5 Å². The van der Waals surface area contributed by atoms with Gasteiger partial charge in [-0.2, -0.15) is 17.7 Å². The van der Waals surface area contributed by atoms with E-state index in [0.717, 1.165) is 45.0 Å². The molecular weight excluding hydrogens is 441 g/mol. The first kappa shape index (κ1) is 25.4. The Morgan fingerprint density at radius 3 is 2.03 bits per heavy atom. The lowest BCUT2D eigenvalue weighted by Gasteiger charge is -2.12. The Morgan fingerprint density at radius 2 is 1.58 bits per heavy atom. The maximum atomic E-state index is 11.2. The maximum absolute atomic E-state index is 11.2. The number of carbonyl (C=O) groups excluding carboxylic acids is 2. The molecule has 3 rings (SSSR count). The standard InChI is InChI=1S/C21H22N2O3.C2HF3O2/c1-13-10-16-11-19(25-4)12-20(26-5)21(16)14(2)23(13)18-8-6-17(7-9-18)22-15(3)24;3-2(4,5)1(6)7/h6-12H,1-5H3;(H,6,7). The van der Waals surface area contributed by atoms with Crippen LogP contribution in [-0.2, 0) is 9.59 Å². The van der Waals surface area contributed by atoms with Gasteiger partial charge in [-0.1, -0.05) is 0 Å². The highest BCUT2D eigenvalue weighted by atomic mass is 19.4. The van der Waals surface area contributed by atoms with Crippen LogP contribution in [0.5, 0.6) is 11.5 Å². The lowest BCUT2D eigenvalue weighted by atomic mass is 10.1. The quantitative estimate of drug-likeness (QED) is 0.600. The number of aryl methyl sites for hydroxylation is 2. The summed E-state index contributed by atoms with van der Waals surface area (Å²) in [5, 5.41) is 13.7. The number of hydrogen-bond acceptors (Lipinski definition) is 5. The van der Waals surface area contributed by atoms with E-state index in [9.17, 15) is 18.0 Å². The van der Waals surface area contributed by atoms with E-state index in [-0.39, 0.29) is 5.91 Å². The normalized spacial score (nSPS) is 10.8. The van der Waals surface area contributed by atoms with Crippen LogP contribution in [0.15, 0.2) is 42.5 Å². The first-order valence-corrected chi connectivity index (χ1v) is 9.63. The molecule has 0 aliphatic rings. The first-order valence-electron chi connectivity index (χ1n) is 9.63. The number of aliphatic carboxylic acids is 1. The third kappa shape index (κ3) is 6.12. The van der Waals surface area contributed by atoms with Gasteiger partial charge in [0, 0.05) is 56.1 Å². The molecule has 0 saturated heterocycles. The summed E-state index contributed by atoms with van der Waals surface area (Å²) < 4.78 is 44.7. The molecule has 3 aromatic rings. The summed E-state index contributed by atoms with van der Waals surface area (Å²) >= 11 is 0. The molecule has 10 heteroatoms. The minimum absolute atomic E-state index is 0.0813. The minimum Gasteiger partial charge on any atom is -0.542 e. The Kier molecular flexibility index (Phi) is 7.86. The molecular formula is C23H23F3N2O5. The number of alkyl halides is 3. The number of halogens is 3. The van der Waals surface area contributed by atoms with Crippen LogP contribution in [-0.4, -0.2) is 32.3 Å². The average Bonchev–Trinajstić information content (AvgIpc) is 2.73. The number of methoxy groups -OCH3 is 2. The lowest BCUT2D eigenvalue weighted by molar-refractivity contribution is -0.607. The molecule has 1 heterocycles. The van der Waals surface area contributed by atoms with Crippen molar-refractivity contribution in [2.45, 2.75) is 26.9 Å². The minimum atomic E-state index is -5.19. The van der Waals surface area contributed by atoms with Gasteiger partial charge >= 0.3 is 6.18 Å². The molecule has 0 unspecified atom stereocenters. The van der Waals surface area contributed by atoms with Crippen molar-refractivity contribution in [1.29, 1.82) is 0 Å². The third-order valence-corrected chi connectivity index (χ3v) is 4.65. The van der Waals surface area contributed by atoms with Gasteiger partial charge in [-0.05, 0) is 18.2 Å². The Hall–Kier alpha value is -3.82. The molecule has 33 heavy (non-hydrogen) atoms. The predicted molar refractivity (Wildman–Crippen MR) is 113 cm³/mol. The number of ether oxygens (including phenoxy) is 2. The summed E-state index contributed by atoms with van der Waals surface area (Å²) in [6.45, 7) is 5.65. The number of anilines is 1. The molecule has 1 aromatic heterocycles. The molecule has 1 amide bonds. The lowest BCUT2D eigenvalue weighted by Crippen LogP contribution is -2.37. The van der Waals surface area contributed by atoms with Crippen LogP contribution in [0.3, 0.4) is 0 Å². The van der Waals surface area contributed by atoms with Gasteiger partial charge in [0.2, 0.25) is 11.6 Å². The fourth-order valence-corrected chi connectivity index (χ4v) is 3.35. The third-order valence-electron chi connectivity index (χ3n) is 4.65. The Labute approximate surface area is 188 Å². The van der Waals surface area contributed by atoms with Crippen LogP contribution in [0.2, 0.25) is 0 Å². The molecule has 0 radical (unpaired) electrons. The second-order valence-corrected chi connectivity index (χ2v) is 7.01. The fraction of sp³-hybridized carbons (Fsp3) is 0.261. The Bertz CT molecular complexity index is 1180. The van der Waals surface area contributed by atoms with E-state index >= 15 is 0 Å². The molecule has 0 saturated carbocycles. The number of amides is 1. The van der Waals surface area contributed by atoms with Gasteiger partial charge in [-0.25, -0.2) is 0 Å². The number of hydrogen-bond donors (Lipinski definition) is 1. The van der Waals surface area contributed by atoms with Crippen LogP contribution in [0.4, 0.5) is 18.9 Å². The number of nitrogens with one attached hydrogen (secondary N) is 1. The zero-order chi connectivity index (χ0) is 24.9. The summed E-state index contributed by atoms with van der Waals surface area (Å²) in [5.74, 6) is -1.54. The molecule has 2 aromatic carbocycles. The maximum Gasteiger partial charge on any atom is 0.430 e. The average molecular weight is 464 g/mol. The summed E-state index contributed by atoms with van der Waals surface area (Å²) in [5.41, 5.74) is 3.97. The summed E-state index contributed by atoms with van der Waals surface area (Å²) in [7, 11) is 3.32. The van der Waals surface area contributed by atoms with Crippen molar-refractivity contribution < 1.29 is 41.9 Å². The van der Waals surface area contributed by atoms with Gasteiger partial charge in [0.15, 0.2) is 11.4 Å².